The number of allylic oxidation sites excluding steroid dienone is 1. The van der Waals surface area contributed by atoms with Crippen LogP contribution in [0.4, 0.5) is 11.4 Å². The van der Waals surface area contributed by atoms with Gasteiger partial charge in [-0.1, -0.05) is 61.8 Å². The van der Waals surface area contributed by atoms with E-state index in [0.29, 0.717) is 24.0 Å². The van der Waals surface area contributed by atoms with Crippen molar-refractivity contribution >= 4 is 28.8 Å². The molecule has 2 atom stereocenters. The van der Waals surface area contributed by atoms with E-state index in [1.807, 2.05) is 60.7 Å². The molecule has 1 heterocycles. The molecule has 34 heavy (non-hydrogen) atoms. The quantitative estimate of drug-likeness (QED) is 0.407. The van der Waals surface area contributed by atoms with Crippen molar-refractivity contribution in [3.8, 4) is 5.75 Å². The fraction of sp³-hybridized carbons (Fsp3) is 0.276. The van der Waals surface area contributed by atoms with Crippen LogP contribution in [-0.4, -0.2) is 12.4 Å². The van der Waals surface area contributed by atoms with Crippen LogP contribution in [-0.2, 0) is 4.79 Å². The zero-order valence-electron chi connectivity index (χ0n) is 19.5. The zero-order chi connectivity index (χ0) is 23.7. The number of hydrogen-bond acceptors (Lipinski definition) is 4. The molecule has 0 spiro atoms. The number of halogens is 1. The van der Waals surface area contributed by atoms with Crippen LogP contribution in [0.3, 0.4) is 0 Å². The molecule has 0 saturated heterocycles. The maximum atomic E-state index is 13.6. The highest BCUT2D eigenvalue weighted by Gasteiger charge is 2.36. The lowest BCUT2D eigenvalue weighted by Crippen LogP contribution is -2.26. The Morgan fingerprint density at radius 1 is 0.912 bits per heavy atom. The Balaban J connectivity index is 1.48. The van der Waals surface area contributed by atoms with Gasteiger partial charge in [0.05, 0.1) is 24.0 Å². The van der Waals surface area contributed by atoms with Crippen LogP contribution in [0.2, 0.25) is 5.02 Å². The molecule has 2 unspecified atom stereocenters. The Bertz CT molecular complexity index is 1220. The van der Waals surface area contributed by atoms with Crippen molar-refractivity contribution in [2.24, 2.45) is 5.92 Å². The zero-order valence-corrected chi connectivity index (χ0v) is 20.2. The third kappa shape index (κ3) is 4.69. The minimum atomic E-state index is -0.233. The number of fused-ring (bicyclic) bond motifs is 1. The summed E-state index contributed by atoms with van der Waals surface area (Å²) < 4.78 is 5.84. The van der Waals surface area contributed by atoms with Gasteiger partial charge in [0.15, 0.2) is 5.78 Å². The predicted octanol–water partition coefficient (Wildman–Crippen LogP) is 7.35. The average molecular weight is 473 g/mol. The Hall–Kier alpha value is -3.24. The number of ketones is 1. The summed E-state index contributed by atoms with van der Waals surface area (Å²) in [5.74, 6) is 1.63. The lowest BCUT2D eigenvalue weighted by molar-refractivity contribution is -0.116. The molecule has 2 N–H and O–H groups in total. The van der Waals surface area contributed by atoms with Gasteiger partial charge in [-0.05, 0) is 65.8 Å². The highest BCUT2D eigenvalue weighted by atomic mass is 35.5. The van der Waals surface area contributed by atoms with Gasteiger partial charge in [0.2, 0.25) is 0 Å². The number of nitrogens with one attached hydrogen (secondary N) is 2. The van der Waals surface area contributed by atoms with E-state index in [1.54, 1.807) is 0 Å². The molecule has 0 bridgehead atoms. The number of anilines is 2. The van der Waals surface area contributed by atoms with E-state index in [0.717, 1.165) is 45.9 Å². The highest BCUT2D eigenvalue weighted by Crippen LogP contribution is 2.44. The van der Waals surface area contributed by atoms with Gasteiger partial charge in [0.25, 0.3) is 0 Å². The fourth-order valence-electron chi connectivity index (χ4n) is 4.73. The van der Waals surface area contributed by atoms with Gasteiger partial charge in [-0.15, -0.1) is 0 Å². The van der Waals surface area contributed by atoms with Crippen LogP contribution in [0.1, 0.15) is 49.8 Å². The minimum absolute atomic E-state index is 0.119. The molecule has 4 nitrogen and oxygen atoms in total. The Kier molecular flexibility index (Phi) is 6.34. The Morgan fingerprint density at radius 3 is 2.29 bits per heavy atom. The smallest absolute Gasteiger partial charge is 0.163 e. The number of hydrogen-bond donors (Lipinski definition) is 2. The lowest BCUT2D eigenvalue weighted by atomic mass is 9.78. The Labute approximate surface area is 206 Å². The number of rotatable bonds is 5. The minimum Gasteiger partial charge on any atom is -0.493 e. The van der Waals surface area contributed by atoms with E-state index in [9.17, 15) is 4.79 Å². The summed E-state index contributed by atoms with van der Waals surface area (Å²) in [6.07, 6.45) is 1.25. The number of ether oxygens (including phenoxy) is 1. The first-order chi connectivity index (χ1) is 16.5. The molecule has 0 aromatic heterocycles. The van der Waals surface area contributed by atoms with Gasteiger partial charge in [-0.3, -0.25) is 4.79 Å². The second-order valence-electron chi connectivity index (χ2n) is 9.49. The van der Waals surface area contributed by atoms with Gasteiger partial charge in [0, 0.05) is 22.7 Å². The molecule has 0 radical (unpaired) electrons. The van der Waals surface area contributed by atoms with Crippen LogP contribution < -0.4 is 15.4 Å². The van der Waals surface area contributed by atoms with E-state index in [-0.39, 0.29) is 17.7 Å². The normalized spacial score (nSPS) is 19.6. The maximum Gasteiger partial charge on any atom is 0.163 e. The number of Topliss-reactive ketones (excluding diaryl/α,β-unsaturated/α-hetero) is 1. The third-order valence-electron chi connectivity index (χ3n) is 6.45. The van der Waals surface area contributed by atoms with Crippen LogP contribution in [0.15, 0.2) is 84.1 Å². The van der Waals surface area contributed by atoms with E-state index >= 15 is 0 Å². The second-order valence-corrected chi connectivity index (χ2v) is 9.93. The molecule has 0 amide bonds. The van der Waals surface area contributed by atoms with Crippen LogP contribution in [0.25, 0.3) is 0 Å². The molecule has 5 rings (SSSR count). The molecule has 1 aliphatic carbocycles. The van der Waals surface area contributed by atoms with Crippen molar-refractivity contribution < 1.29 is 9.53 Å². The molecule has 3 aromatic carbocycles. The summed E-state index contributed by atoms with van der Waals surface area (Å²) in [6, 6.07) is 23.8. The van der Waals surface area contributed by atoms with Crippen molar-refractivity contribution in [3.63, 3.8) is 0 Å². The lowest BCUT2D eigenvalue weighted by Gasteiger charge is -2.30. The standard InChI is InChI=1S/C29H29ClN2O2/c1-18(2)17-34-23-13-9-19(10-14-23)21-15-26-28(27(33)16-21)29(20-7-11-22(30)12-8-20)32-25-6-4-3-5-24(25)31-26/h3-14,18,21,29,31-32H,15-17H2,1-2H3. The summed E-state index contributed by atoms with van der Waals surface area (Å²) in [6.45, 7) is 4.97. The summed E-state index contributed by atoms with van der Waals surface area (Å²) >= 11 is 6.14. The summed E-state index contributed by atoms with van der Waals surface area (Å²) in [5, 5.41) is 7.88. The SMILES string of the molecule is CC(C)COc1ccc(C2CC(=O)C3=C(C2)Nc2ccccc2NC3c2ccc(Cl)cc2)cc1. The van der Waals surface area contributed by atoms with E-state index in [4.69, 9.17) is 16.3 Å². The fourth-order valence-corrected chi connectivity index (χ4v) is 4.86. The van der Waals surface area contributed by atoms with Gasteiger partial charge in [-0.2, -0.15) is 0 Å². The van der Waals surface area contributed by atoms with Crippen molar-refractivity contribution in [1.82, 2.24) is 0 Å². The van der Waals surface area contributed by atoms with Crippen molar-refractivity contribution in [2.75, 3.05) is 17.2 Å². The number of para-hydroxylation sites is 2. The molecule has 0 saturated carbocycles. The number of carbonyl (C=O) groups is 1. The first-order valence-corrected chi connectivity index (χ1v) is 12.2. The number of benzene rings is 3. The summed E-state index contributed by atoms with van der Waals surface area (Å²) in [7, 11) is 0. The molecule has 5 heteroatoms. The first kappa shape index (κ1) is 22.5. The van der Waals surface area contributed by atoms with E-state index < -0.39 is 0 Å². The topological polar surface area (TPSA) is 50.4 Å². The molecule has 1 aliphatic heterocycles. The summed E-state index contributed by atoms with van der Waals surface area (Å²) in [5.41, 5.74) is 5.94. The van der Waals surface area contributed by atoms with Crippen LogP contribution in [0, 0.1) is 5.92 Å². The van der Waals surface area contributed by atoms with Crippen LogP contribution in [0.5, 0.6) is 5.75 Å². The monoisotopic (exact) mass is 472 g/mol. The third-order valence-corrected chi connectivity index (χ3v) is 6.70. The molecule has 2 aliphatic rings. The maximum absolute atomic E-state index is 13.6. The van der Waals surface area contributed by atoms with E-state index in [1.165, 1.54) is 0 Å². The molecule has 174 valence electrons. The van der Waals surface area contributed by atoms with Crippen LogP contribution >= 0.6 is 11.6 Å². The highest BCUT2D eigenvalue weighted by molar-refractivity contribution is 6.30. The van der Waals surface area contributed by atoms with Gasteiger partial charge >= 0.3 is 0 Å². The van der Waals surface area contributed by atoms with Gasteiger partial charge in [0.1, 0.15) is 5.75 Å². The predicted molar refractivity (Wildman–Crippen MR) is 139 cm³/mol. The first-order valence-electron chi connectivity index (χ1n) is 11.8. The second kappa shape index (κ2) is 9.55. The summed E-state index contributed by atoms with van der Waals surface area (Å²) in [4.78, 5) is 13.6. The van der Waals surface area contributed by atoms with E-state index in [2.05, 4.69) is 36.6 Å². The van der Waals surface area contributed by atoms with Crippen molar-refractivity contribution in [1.29, 1.82) is 0 Å². The average Bonchev–Trinajstić information content (AvgIpc) is 3.00. The van der Waals surface area contributed by atoms with Gasteiger partial charge in [-0.25, -0.2) is 0 Å². The molecule has 0 fully saturated rings. The van der Waals surface area contributed by atoms with Gasteiger partial charge < -0.3 is 15.4 Å². The molecule has 3 aromatic rings. The largest absolute Gasteiger partial charge is 0.493 e. The molecular weight excluding hydrogens is 444 g/mol. The molecular formula is C29H29ClN2O2. The number of carbonyl (C=O) groups excluding carboxylic acids is 1. The Morgan fingerprint density at radius 2 is 1.59 bits per heavy atom. The van der Waals surface area contributed by atoms with Crippen molar-refractivity contribution in [3.05, 3.63) is 100 Å². The van der Waals surface area contributed by atoms with Crippen molar-refractivity contribution in [2.45, 2.75) is 38.6 Å².